The number of carbonyl (C=O) groups is 1. The van der Waals surface area contributed by atoms with Gasteiger partial charge in [-0.3, -0.25) is 4.79 Å². The van der Waals surface area contributed by atoms with E-state index < -0.39 is 17.4 Å². The van der Waals surface area contributed by atoms with Gasteiger partial charge in [0.2, 0.25) is 0 Å². The number of Topliss-reactive ketones (excluding diaryl/α,β-unsaturated/α-hetero) is 1. The summed E-state index contributed by atoms with van der Waals surface area (Å²) in [4.78, 5) is 11.8. The topological polar surface area (TPSA) is 26.3 Å². The quantitative estimate of drug-likeness (QED) is 0.788. The predicted octanol–water partition coefficient (Wildman–Crippen LogP) is 3.53. The van der Waals surface area contributed by atoms with Crippen LogP contribution in [0.4, 0.5) is 8.78 Å². The number of para-hydroxylation sites is 1. The van der Waals surface area contributed by atoms with Crippen LogP contribution in [-0.2, 0) is 0 Å². The Morgan fingerprint density at radius 3 is 2.53 bits per heavy atom. The fraction of sp³-hybridized carbons (Fsp3) is 0.133. The Kier molecular flexibility index (Phi) is 3.90. The number of ketones is 1. The van der Waals surface area contributed by atoms with Crippen molar-refractivity contribution in [2.75, 3.05) is 6.61 Å². The molecule has 0 aromatic heterocycles. The van der Waals surface area contributed by atoms with Gasteiger partial charge in [-0.2, -0.15) is 0 Å². The van der Waals surface area contributed by atoms with Crippen molar-refractivity contribution >= 4 is 5.78 Å². The summed E-state index contributed by atoms with van der Waals surface area (Å²) < 4.78 is 31.1. The van der Waals surface area contributed by atoms with Crippen LogP contribution in [0.3, 0.4) is 0 Å². The summed E-state index contributed by atoms with van der Waals surface area (Å²) in [5, 5.41) is 0. The molecule has 4 heteroatoms. The first-order chi connectivity index (χ1) is 9.08. The molecule has 19 heavy (non-hydrogen) atoms. The van der Waals surface area contributed by atoms with Gasteiger partial charge in [-0.25, -0.2) is 8.78 Å². The number of hydrogen-bond acceptors (Lipinski definition) is 2. The van der Waals surface area contributed by atoms with Crippen LogP contribution in [0.25, 0.3) is 0 Å². The van der Waals surface area contributed by atoms with Gasteiger partial charge in [0, 0.05) is 5.56 Å². The summed E-state index contributed by atoms with van der Waals surface area (Å²) in [6.07, 6.45) is 0. The van der Waals surface area contributed by atoms with Crippen LogP contribution in [0.5, 0.6) is 5.75 Å². The van der Waals surface area contributed by atoms with Crippen molar-refractivity contribution in [1.82, 2.24) is 0 Å². The molecule has 0 fully saturated rings. The number of halogens is 2. The third-order valence-corrected chi connectivity index (χ3v) is 2.69. The van der Waals surface area contributed by atoms with Gasteiger partial charge in [0.15, 0.2) is 24.0 Å². The largest absolute Gasteiger partial charge is 0.485 e. The third-order valence-electron chi connectivity index (χ3n) is 2.69. The lowest BCUT2D eigenvalue weighted by Gasteiger charge is -2.08. The molecule has 0 saturated carbocycles. The molecular weight excluding hydrogens is 250 g/mol. The van der Waals surface area contributed by atoms with Crippen molar-refractivity contribution in [2.45, 2.75) is 6.92 Å². The molecule has 0 saturated heterocycles. The average molecular weight is 262 g/mol. The van der Waals surface area contributed by atoms with Gasteiger partial charge in [-0.1, -0.05) is 18.2 Å². The molecule has 2 rings (SSSR count). The lowest BCUT2D eigenvalue weighted by atomic mass is 10.1. The second kappa shape index (κ2) is 5.61. The van der Waals surface area contributed by atoms with E-state index in [9.17, 15) is 13.6 Å². The molecule has 0 aliphatic rings. The maximum atomic E-state index is 13.0. The van der Waals surface area contributed by atoms with Gasteiger partial charge in [0.1, 0.15) is 5.75 Å². The second-order valence-electron chi connectivity index (χ2n) is 4.11. The molecule has 2 aromatic carbocycles. The zero-order valence-electron chi connectivity index (χ0n) is 10.3. The van der Waals surface area contributed by atoms with Crippen LogP contribution in [-0.4, -0.2) is 12.4 Å². The molecule has 0 heterocycles. The van der Waals surface area contributed by atoms with Crippen molar-refractivity contribution in [2.24, 2.45) is 0 Å². The monoisotopic (exact) mass is 262 g/mol. The van der Waals surface area contributed by atoms with Crippen LogP contribution in [0.15, 0.2) is 42.5 Å². The highest BCUT2D eigenvalue weighted by Gasteiger charge is 2.11. The molecule has 2 nitrogen and oxygen atoms in total. The van der Waals surface area contributed by atoms with E-state index in [2.05, 4.69) is 0 Å². The first-order valence-electron chi connectivity index (χ1n) is 5.74. The second-order valence-corrected chi connectivity index (χ2v) is 4.11. The molecule has 0 N–H and O–H groups in total. The normalized spacial score (nSPS) is 10.3. The standard InChI is InChI=1S/C15H12F2O2/c1-10-4-2-3-5-15(10)19-9-14(18)11-6-7-12(16)13(17)8-11/h2-8H,9H2,1H3. The number of benzene rings is 2. The Labute approximate surface area is 109 Å². The molecule has 0 amide bonds. The van der Waals surface area contributed by atoms with Crippen LogP contribution >= 0.6 is 0 Å². The molecule has 2 aromatic rings. The van der Waals surface area contributed by atoms with Gasteiger partial charge >= 0.3 is 0 Å². The highest BCUT2D eigenvalue weighted by atomic mass is 19.2. The summed E-state index contributed by atoms with van der Waals surface area (Å²) >= 11 is 0. The molecule has 0 atom stereocenters. The van der Waals surface area contributed by atoms with E-state index in [-0.39, 0.29) is 12.2 Å². The molecule has 0 aliphatic carbocycles. The van der Waals surface area contributed by atoms with Gasteiger partial charge in [0.25, 0.3) is 0 Å². The SMILES string of the molecule is Cc1ccccc1OCC(=O)c1ccc(F)c(F)c1. The zero-order chi connectivity index (χ0) is 13.8. The Bertz CT molecular complexity index is 609. The van der Waals surface area contributed by atoms with E-state index in [1.807, 2.05) is 19.1 Å². The minimum atomic E-state index is -1.04. The maximum Gasteiger partial charge on any atom is 0.200 e. The van der Waals surface area contributed by atoms with Crippen molar-refractivity contribution < 1.29 is 18.3 Å². The molecule has 0 radical (unpaired) electrons. The smallest absolute Gasteiger partial charge is 0.200 e. The Balaban J connectivity index is 2.05. The van der Waals surface area contributed by atoms with Crippen molar-refractivity contribution in [3.8, 4) is 5.75 Å². The van der Waals surface area contributed by atoms with Gasteiger partial charge in [-0.15, -0.1) is 0 Å². The predicted molar refractivity (Wildman–Crippen MR) is 67.4 cm³/mol. The fourth-order valence-corrected chi connectivity index (χ4v) is 1.61. The van der Waals surface area contributed by atoms with Gasteiger partial charge in [0.05, 0.1) is 0 Å². The molecule has 0 aliphatic heterocycles. The Hall–Kier alpha value is -2.23. The van der Waals surface area contributed by atoms with Gasteiger partial charge < -0.3 is 4.74 Å². The summed E-state index contributed by atoms with van der Waals surface area (Å²) in [5.41, 5.74) is 0.994. The number of hydrogen-bond donors (Lipinski definition) is 0. The van der Waals surface area contributed by atoms with Crippen molar-refractivity contribution in [3.05, 3.63) is 65.2 Å². The fourth-order valence-electron chi connectivity index (χ4n) is 1.61. The number of rotatable bonds is 4. The van der Waals surface area contributed by atoms with Crippen LogP contribution in [0.2, 0.25) is 0 Å². The highest BCUT2D eigenvalue weighted by molar-refractivity contribution is 5.97. The third kappa shape index (κ3) is 3.16. The average Bonchev–Trinajstić information content (AvgIpc) is 2.40. The van der Waals surface area contributed by atoms with E-state index in [4.69, 9.17) is 4.74 Å². The Morgan fingerprint density at radius 2 is 1.84 bits per heavy atom. The van der Waals surface area contributed by atoms with E-state index in [0.29, 0.717) is 5.75 Å². The highest BCUT2D eigenvalue weighted by Crippen LogP contribution is 2.17. The summed E-state index contributed by atoms with van der Waals surface area (Å²) in [5.74, 6) is -1.82. The van der Waals surface area contributed by atoms with Crippen LogP contribution in [0.1, 0.15) is 15.9 Å². The zero-order valence-corrected chi connectivity index (χ0v) is 10.3. The molecule has 98 valence electrons. The van der Waals surface area contributed by atoms with E-state index in [1.165, 1.54) is 6.07 Å². The van der Waals surface area contributed by atoms with Crippen LogP contribution < -0.4 is 4.74 Å². The first-order valence-corrected chi connectivity index (χ1v) is 5.74. The molecule has 0 unspecified atom stereocenters. The minimum absolute atomic E-state index is 0.0903. The van der Waals surface area contributed by atoms with Crippen molar-refractivity contribution in [1.29, 1.82) is 0 Å². The lowest BCUT2D eigenvalue weighted by molar-refractivity contribution is 0.0920. The first kappa shape index (κ1) is 13.2. The Morgan fingerprint density at radius 1 is 1.11 bits per heavy atom. The summed E-state index contributed by atoms with van der Waals surface area (Å²) in [6.45, 7) is 1.65. The van der Waals surface area contributed by atoms with E-state index in [1.54, 1.807) is 12.1 Å². The number of carbonyl (C=O) groups excluding carboxylic acids is 1. The lowest BCUT2D eigenvalue weighted by Crippen LogP contribution is -2.12. The van der Waals surface area contributed by atoms with E-state index >= 15 is 0 Å². The van der Waals surface area contributed by atoms with Crippen molar-refractivity contribution in [3.63, 3.8) is 0 Å². The van der Waals surface area contributed by atoms with Crippen LogP contribution in [0, 0.1) is 18.6 Å². The maximum absolute atomic E-state index is 13.0. The molecular formula is C15H12F2O2. The molecule has 0 spiro atoms. The molecule has 0 bridgehead atoms. The summed E-state index contributed by atoms with van der Waals surface area (Å²) in [6, 6.07) is 10.3. The number of aryl methyl sites for hydroxylation is 1. The van der Waals surface area contributed by atoms with E-state index in [0.717, 1.165) is 17.7 Å². The summed E-state index contributed by atoms with van der Waals surface area (Å²) in [7, 11) is 0. The van der Waals surface area contributed by atoms with Gasteiger partial charge in [-0.05, 0) is 36.8 Å². The number of ether oxygens (including phenoxy) is 1. The minimum Gasteiger partial charge on any atom is -0.485 e.